The molecule has 0 heterocycles. The SMILES string of the molecule is C#Cc1ccc(-c2cc(Oc3c(F)c(F)c(-c4c(F)c(F)c(Oc5ccc(OC)cc5S(=O)(=O)O)c(F)c4F)c(F)c3F)ccc2OC)cc1. The minimum absolute atomic E-state index is 0.205. The summed E-state index contributed by atoms with van der Waals surface area (Å²) in [6, 6.07) is 12.2. The summed E-state index contributed by atoms with van der Waals surface area (Å²) in [6.07, 6.45) is 5.36. The molecular weight excluding hydrogens is 704 g/mol. The van der Waals surface area contributed by atoms with Gasteiger partial charge in [0.1, 0.15) is 27.9 Å². The lowest BCUT2D eigenvalue weighted by Gasteiger charge is -2.17. The third-order valence-corrected chi connectivity index (χ3v) is 7.97. The van der Waals surface area contributed by atoms with E-state index in [2.05, 4.69) is 5.92 Å². The topological polar surface area (TPSA) is 91.3 Å². The fraction of sp³-hybridized carbons (Fsp3) is 0.0588. The summed E-state index contributed by atoms with van der Waals surface area (Å²) in [6.45, 7) is 0. The van der Waals surface area contributed by atoms with E-state index in [1.54, 1.807) is 24.3 Å². The van der Waals surface area contributed by atoms with E-state index in [-0.39, 0.29) is 17.1 Å². The Balaban J connectivity index is 1.59. The first-order valence-electron chi connectivity index (χ1n) is 13.6. The van der Waals surface area contributed by atoms with E-state index in [0.717, 1.165) is 19.2 Å². The first-order valence-corrected chi connectivity index (χ1v) is 15.0. The van der Waals surface area contributed by atoms with Crippen molar-refractivity contribution in [1.29, 1.82) is 0 Å². The maximum absolute atomic E-state index is 15.3. The number of ether oxygens (including phenoxy) is 4. The first-order chi connectivity index (χ1) is 23.6. The van der Waals surface area contributed by atoms with Gasteiger partial charge in [0.25, 0.3) is 10.1 Å². The van der Waals surface area contributed by atoms with E-state index in [1.165, 1.54) is 19.2 Å². The molecule has 0 spiro atoms. The molecule has 1 N–H and O–H groups in total. The molecule has 50 heavy (non-hydrogen) atoms. The molecule has 0 aromatic heterocycles. The summed E-state index contributed by atoms with van der Waals surface area (Å²) < 4.78 is 175. The van der Waals surface area contributed by atoms with Crippen LogP contribution in [0.25, 0.3) is 22.3 Å². The van der Waals surface area contributed by atoms with E-state index in [4.69, 9.17) is 25.4 Å². The molecule has 7 nitrogen and oxygen atoms in total. The van der Waals surface area contributed by atoms with Gasteiger partial charge in [-0.25, -0.2) is 17.6 Å². The lowest BCUT2D eigenvalue weighted by molar-refractivity contribution is 0.355. The van der Waals surface area contributed by atoms with E-state index < -0.39 is 95.7 Å². The van der Waals surface area contributed by atoms with Crippen LogP contribution in [0.3, 0.4) is 0 Å². The van der Waals surface area contributed by atoms with Crippen molar-refractivity contribution < 1.29 is 67.0 Å². The quantitative estimate of drug-likeness (QED) is 0.0703. The number of terminal acetylenes is 1. The molecular formula is C34H18F8O7S. The highest BCUT2D eigenvalue weighted by atomic mass is 32.2. The Bertz CT molecular complexity index is 2270. The maximum Gasteiger partial charge on any atom is 0.298 e. The Kier molecular flexibility index (Phi) is 9.67. The molecule has 0 fully saturated rings. The number of rotatable bonds is 9. The van der Waals surface area contributed by atoms with Crippen molar-refractivity contribution in [2.45, 2.75) is 4.90 Å². The zero-order valence-electron chi connectivity index (χ0n) is 25.2. The van der Waals surface area contributed by atoms with Gasteiger partial charge in [-0.05, 0) is 48.0 Å². The molecule has 16 heteroatoms. The van der Waals surface area contributed by atoms with Gasteiger partial charge in [0, 0.05) is 17.2 Å². The third-order valence-electron chi connectivity index (χ3n) is 7.09. The summed E-state index contributed by atoms with van der Waals surface area (Å²) in [5, 5.41) is 0. The summed E-state index contributed by atoms with van der Waals surface area (Å²) in [4.78, 5) is -1.16. The van der Waals surface area contributed by atoms with Crippen LogP contribution >= 0.6 is 0 Å². The fourth-order valence-corrected chi connectivity index (χ4v) is 5.32. The highest BCUT2D eigenvalue weighted by Gasteiger charge is 2.36. The van der Waals surface area contributed by atoms with Crippen molar-refractivity contribution in [2.75, 3.05) is 14.2 Å². The van der Waals surface area contributed by atoms with Crippen LogP contribution in [-0.2, 0) is 10.1 Å². The second kappa shape index (κ2) is 13.6. The molecule has 0 saturated carbocycles. The normalized spacial score (nSPS) is 11.2. The third kappa shape index (κ3) is 6.35. The fourth-order valence-electron chi connectivity index (χ4n) is 4.69. The monoisotopic (exact) mass is 722 g/mol. The summed E-state index contributed by atoms with van der Waals surface area (Å²) in [5.74, 6) is -22.6. The van der Waals surface area contributed by atoms with Gasteiger partial charge in [-0.1, -0.05) is 18.1 Å². The van der Waals surface area contributed by atoms with Crippen molar-refractivity contribution in [1.82, 2.24) is 0 Å². The Morgan fingerprint density at radius 1 is 0.600 bits per heavy atom. The Labute approximate surface area is 278 Å². The minimum atomic E-state index is -5.20. The van der Waals surface area contributed by atoms with Crippen LogP contribution in [0, 0.1) is 58.9 Å². The number of benzene rings is 5. The lowest BCUT2D eigenvalue weighted by Crippen LogP contribution is -2.10. The number of halogens is 8. The molecule has 0 unspecified atom stereocenters. The molecule has 5 aromatic carbocycles. The maximum atomic E-state index is 15.3. The minimum Gasteiger partial charge on any atom is -0.497 e. The van der Waals surface area contributed by atoms with Gasteiger partial charge in [0.05, 0.1) is 25.3 Å². The average Bonchev–Trinajstić information content (AvgIpc) is 3.11. The van der Waals surface area contributed by atoms with Crippen LogP contribution in [0.2, 0.25) is 0 Å². The number of hydrogen-bond donors (Lipinski definition) is 1. The summed E-state index contributed by atoms with van der Waals surface area (Å²) in [7, 11) is -2.79. The molecule has 0 saturated heterocycles. The predicted octanol–water partition coefficient (Wildman–Crippen LogP) is 8.96. The van der Waals surface area contributed by atoms with Gasteiger partial charge in [-0.3, -0.25) is 4.55 Å². The van der Waals surface area contributed by atoms with E-state index in [1.807, 2.05) is 0 Å². The molecule has 0 amide bonds. The molecule has 0 bridgehead atoms. The van der Waals surface area contributed by atoms with E-state index in [9.17, 15) is 13.0 Å². The standard InChI is InChI=1S/C34H18F8O7S/c1-4-15-5-7-16(8-6-15)19-13-18(10-11-20(19)47-3)48-33-29(39)25(35)23(26(36)30(33)40)24-27(37)31(41)34(32(42)28(24)38)49-21-12-9-17(46-2)14-22(21)50(43,44)45/h1,5-14H,2-3H3,(H,43,44,45). The molecule has 0 atom stereocenters. The molecule has 5 rings (SSSR count). The lowest BCUT2D eigenvalue weighted by atomic mass is 10.0. The number of hydrogen-bond acceptors (Lipinski definition) is 6. The molecule has 0 aliphatic carbocycles. The predicted molar refractivity (Wildman–Crippen MR) is 161 cm³/mol. The Morgan fingerprint density at radius 3 is 1.54 bits per heavy atom. The second-order valence-corrected chi connectivity index (χ2v) is 11.4. The molecule has 0 aliphatic heterocycles. The Morgan fingerprint density at radius 2 is 1.08 bits per heavy atom. The zero-order valence-corrected chi connectivity index (χ0v) is 26.0. The van der Waals surface area contributed by atoms with Crippen molar-refractivity contribution >= 4 is 10.1 Å². The second-order valence-electron chi connectivity index (χ2n) is 10.00. The van der Waals surface area contributed by atoms with E-state index >= 15 is 35.1 Å². The van der Waals surface area contributed by atoms with Crippen molar-refractivity contribution in [2.24, 2.45) is 0 Å². The van der Waals surface area contributed by atoms with Gasteiger partial charge in [-0.15, -0.1) is 6.42 Å². The van der Waals surface area contributed by atoms with Crippen LogP contribution < -0.4 is 18.9 Å². The van der Waals surface area contributed by atoms with Crippen LogP contribution in [-0.4, -0.2) is 27.2 Å². The number of methoxy groups -OCH3 is 2. The van der Waals surface area contributed by atoms with Gasteiger partial charge >= 0.3 is 0 Å². The van der Waals surface area contributed by atoms with Gasteiger partial charge in [0.2, 0.25) is 34.8 Å². The van der Waals surface area contributed by atoms with Crippen LogP contribution in [0.5, 0.6) is 34.5 Å². The van der Waals surface area contributed by atoms with Crippen molar-refractivity contribution in [3.05, 3.63) is 113 Å². The van der Waals surface area contributed by atoms with Crippen LogP contribution in [0.1, 0.15) is 5.56 Å². The highest BCUT2D eigenvalue weighted by molar-refractivity contribution is 7.86. The summed E-state index contributed by atoms with van der Waals surface area (Å²) >= 11 is 0. The average molecular weight is 723 g/mol. The van der Waals surface area contributed by atoms with Gasteiger partial charge in [0.15, 0.2) is 23.3 Å². The zero-order chi connectivity index (χ0) is 36.7. The van der Waals surface area contributed by atoms with Crippen molar-refractivity contribution in [3.63, 3.8) is 0 Å². The van der Waals surface area contributed by atoms with Crippen LogP contribution in [0.15, 0.2) is 65.6 Å². The van der Waals surface area contributed by atoms with Crippen molar-refractivity contribution in [3.8, 4) is 69.1 Å². The molecule has 258 valence electrons. The van der Waals surface area contributed by atoms with E-state index in [0.29, 0.717) is 23.3 Å². The van der Waals surface area contributed by atoms with Crippen LogP contribution in [0.4, 0.5) is 35.1 Å². The molecule has 0 aliphatic rings. The van der Waals surface area contributed by atoms with Gasteiger partial charge in [-0.2, -0.15) is 26.0 Å². The molecule has 5 aromatic rings. The first kappa shape index (κ1) is 35.5. The van der Waals surface area contributed by atoms with Gasteiger partial charge < -0.3 is 18.9 Å². The summed E-state index contributed by atoms with van der Waals surface area (Å²) in [5.41, 5.74) is -3.14. The highest BCUT2D eigenvalue weighted by Crippen LogP contribution is 2.45. The Hall–Kier alpha value is -5.79. The largest absolute Gasteiger partial charge is 0.497 e. The smallest absolute Gasteiger partial charge is 0.298 e. The molecule has 0 radical (unpaired) electrons.